The molecule has 0 radical (unpaired) electrons. The number of aromatic hydroxyl groups is 2. The standard InChI is InChI=1S/C39H39ClFN3O6/c1-43(22-27-8-15-32-33(37(27)41)23-44(39(32)49)34-16-17-35(47)42-38(34)48)20-21-50-30-13-6-26(7-14-30)36(25-4-11-29(46)12-5-25)31(18-19-40)24-2-9-28(45)10-3-24/h2-15,34,39,45-46,49H,16-23H2,1H3,(H,42,47,48)/b36-31+. The molecule has 0 aliphatic carbocycles. The number of hydrogen-bond acceptors (Lipinski definition) is 8. The van der Waals surface area contributed by atoms with Crippen LogP contribution in [0.25, 0.3) is 11.1 Å². The molecule has 0 spiro atoms. The second-order valence-corrected chi connectivity index (χ2v) is 13.0. The third-order valence-electron chi connectivity index (χ3n) is 9.25. The highest BCUT2D eigenvalue weighted by molar-refractivity contribution is 6.18. The van der Waals surface area contributed by atoms with Crippen LogP contribution in [0.3, 0.4) is 0 Å². The monoisotopic (exact) mass is 699 g/mol. The molecule has 11 heteroatoms. The molecule has 260 valence electrons. The highest BCUT2D eigenvalue weighted by Gasteiger charge is 2.41. The van der Waals surface area contributed by atoms with Gasteiger partial charge in [-0.25, -0.2) is 4.39 Å². The van der Waals surface area contributed by atoms with Crippen LogP contribution in [-0.2, 0) is 22.7 Å². The normalized spacial score (nSPS) is 18.2. The third-order valence-corrected chi connectivity index (χ3v) is 9.43. The number of piperidine rings is 1. The first-order chi connectivity index (χ1) is 24.1. The lowest BCUT2D eigenvalue weighted by atomic mass is 9.88. The van der Waals surface area contributed by atoms with Crippen molar-refractivity contribution in [1.29, 1.82) is 0 Å². The highest BCUT2D eigenvalue weighted by atomic mass is 35.5. The van der Waals surface area contributed by atoms with Crippen molar-refractivity contribution in [3.8, 4) is 17.2 Å². The van der Waals surface area contributed by atoms with Crippen LogP contribution in [0.15, 0.2) is 84.9 Å². The maximum Gasteiger partial charge on any atom is 0.244 e. The number of alkyl halides is 1. The molecule has 2 atom stereocenters. The number of imide groups is 1. The van der Waals surface area contributed by atoms with E-state index in [-0.39, 0.29) is 36.8 Å². The van der Waals surface area contributed by atoms with E-state index in [1.165, 1.54) is 4.90 Å². The molecule has 4 aromatic carbocycles. The number of ether oxygens (including phenoxy) is 1. The summed E-state index contributed by atoms with van der Waals surface area (Å²) in [6, 6.07) is 24.4. The predicted molar refractivity (Wildman–Crippen MR) is 189 cm³/mol. The second-order valence-electron chi connectivity index (χ2n) is 12.6. The van der Waals surface area contributed by atoms with E-state index in [2.05, 4.69) is 5.32 Å². The summed E-state index contributed by atoms with van der Waals surface area (Å²) < 4.78 is 21.7. The Hall–Kier alpha value is -4.74. The van der Waals surface area contributed by atoms with Crippen molar-refractivity contribution in [2.24, 2.45) is 0 Å². The number of phenolic OH excluding ortho intramolecular Hbond substituents is 2. The van der Waals surface area contributed by atoms with Crippen LogP contribution in [0.2, 0.25) is 0 Å². The first-order valence-electron chi connectivity index (χ1n) is 16.5. The van der Waals surface area contributed by atoms with Gasteiger partial charge in [-0.1, -0.05) is 48.5 Å². The number of likely N-dealkylation sites (N-methyl/N-ethyl adjacent to an activating group) is 1. The van der Waals surface area contributed by atoms with E-state index in [0.29, 0.717) is 54.4 Å². The Balaban J connectivity index is 1.11. The number of amides is 2. The van der Waals surface area contributed by atoms with Gasteiger partial charge in [0.05, 0.1) is 6.04 Å². The molecule has 2 heterocycles. The molecule has 2 aliphatic rings. The van der Waals surface area contributed by atoms with Crippen LogP contribution in [0.5, 0.6) is 17.2 Å². The first-order valence-corrected chi connectivity index (χ1v) is 17.0. The summed E-state index contributed by atoms with van der Waals surface area (Å²) in [5, 5.41) is 33.0. The molecule has 2 aliphatic heterocycles. The predicted octanol–water partition coefficient (Wildman–Crippen LogP) is 5.95. The lowest BCUT2D eigenvalue weighted by Gasteiger charge is -2.31. The summed E-state index contributed by atoms with van der Waals surface area (Å²) in [6.45, 7) is 1.27. The topological polar surface area (TPSA) is 123 Å². The molecule has 0 aromatic heterocycles. The number of nitrogens with zero attached hydrogens (tertiary/aromatic N) is 2. The number of aliphatic hydroxyl groups excluding tert-OH is 1. The van der Waals surface area contributed by atoms with Crippen molar-refractivity contribution in [3.05, 3.63) is 124 Å². The summed E-state index contributed by atoms with van der Waals surface area (Å²) in [4.78, 5) is 27.5. The zero-order valence-corrected chi connectivity index (χ0v) is 28.4. The Kier molecular flexibility index (Phi) is 10.8. The maximum atomic E-state index is 15.7. The summed E-state index contributed by atoms with van der Waals surface area (Å²) in [5.74, 6) is 0.186. The average molecular weight is 700 g/mol. The summed E-state index contributed by atoms with van der Waals surface area (Å²) in [7, 11) is 1.88. The minimum Gasteiger partial charge on any atom is -0.508 e. The third kappa shape index (κ3) is 7.69. The number of nitrogens with one attached hydrogen (secondary N) is 1. The van der Waals surface area contributed by atoms with Crippen molar-refractivity contribution in [2.45, 2.75) is 44.6 Å². The van der Waals surface area contributed by atoms with E-state index in [1.54, 1.807) is 36.4 Å². The first kappa shape index (κ1) is 35.1. The molecule has 6 rings (SSSR count). The van der Waals surface area contributed by atoms with Gasteiger partial charge in [-0.05, 0) is 84.1 Å². The molecule has 4 aromatic rings. The number of carbonyl (C=O) groups excluding carboxylic acids is 2. The van der Waals surface area contributed by atoms with Gasteiger partial charge >= 0.3 is 0 Å². The van der Waals surface area contributed by atoms with Gasteiger partial charge in [-0.15, -0.1) is 11.6 Å². The Morgan fingerprint density at radius 1 is 0.940 bits per heavy atom. The van der Waals surface area contributed by atoms with Gasteiger partial charge in [0.15, 0.2) is 0 Å². The SMILES string of the molecule is CN(CCOc1ccc(/C(=C(\CCCl)c2ccc(O)cc2)c2ccc(O)cc2)cc1)Cc1ccc2c(c1F)CN(C1CCC(=O)NC1=O)C2O. The molecular formula is C39H39ClFN3O6. The number of allylic oxidation sites excluding steroid dienone is 1. The number of halogens is 2. The average Bonchev–Trinajstić information content (AvgIpc) is 3.44. The molecular weight excluding hydrogens is 661 g/mol. The number of hydrogen-bond donors (Lipinski definition) is 4. The summed E-state index contributed by atoms with van der Waals surface area (Å²) in [5.41, 5.74) is 5.99. The van der Waals surface area contributed by atoms with Crippen molar-refractivity contribution >= 4 is 34.6 Å². The number of fused-ring (bicyclic) bond motifs is 1. The minimum atomic E-state index is -1.12. The maximum absolute atomic E-state index is 15.7. The lowest BCUT2D eigenvalue weighted by molar-refractivity contribution is -0.141. The molecule has 9 nitrogen and oxygen atoms in total. The minimum absolute atomic E-state index is 0.0806. The van der Waals surface area contributed by atoms with Gasteiger partial charge in [-0.3, -0.25) is 24.7 Å². The van der Waals surface area contributed by atoms with Gasteiger partial charge in [0.2, 0.25) is 11.8 Å². The quantitative estimate of drug-likeness (QED) is 0.0814. The molecule has 2 amide bonds. The number of rotatable bonds is 12. The van der Waals surface area contributed by atoms with E-state index in [1.807, 2.05) is 60.5 Å². The zero-order chi connectivity index (χ0) is 35.4. The molecule has 2 unspecified atom stereocenters. The fourth-order valence-corrected chi connectivity index (χ4v) is 6.85. The van der Waals surface area contributed by atoms with Crippen molar-refractivity contribution in [3.63, 3.8) is 0 Å². The van der Waals surface area contributed by atoms with E-state index in [4.69, 9.17) is 16.3 Å². The van der Waals surface area contributed by atoms with Crippen molar-refractivity contribution in [2.75, 3.05) is 26.1 Å². The highest BCUT2D eigenvalue weighted by Crippen LogP contribution is 2.38. The lowest BCUT2D eigenvalue weighted by Crippen LogP contribution is -2.51. The van der Waals surface area contributed by atoms with Crippen LogP contribution >= 0.6 is 11.6 Å². The van der Waals surface area contributed by atoms with Crippen LogP contribution < -0.4 is 10.1 Å². The molecule has 4 N–H and O–H groups in total. The number of aliphatic hydroxyl groups is 1. The van der Waals surface area contributed by atoms with E-state index >= 15 is 4.39 Å². The van der Waals surface area contributed by atoms with Crippen molar-refractivity contribution < 1.29 is 34.0 Å². The van der Waals surface area contributed by atoms with Gasteiger partial charge in [0.1, 0.15) is 35.9 Å². The van der Waals surface area contributed by atoms with Crippen LogP contribution in [0.4, 0.5) is 4.39 Å². The fraction of sp³-hybridized carbons (Fsp3) is 0.282. The molecule has 1 fully saturated rings. The van der Waals surface area contributed by atoms with Crippen LogP contribution in [0.1, 0.15) is 58.9 Å². The number of benzene rings is 4. The van der Waals surface area contributed by atoms with Crippen LogP contribution in [0, 0.1) is 5.82 Å². The Labute approximate surface area is 295 Å². The van der Waals surface area contributed by atoms with Crippen molar-refractivity contribution in [1.82, 2.24) is 15.1 Å². The van der Waals surface area contributed by atoms with Gasteiger partial charge in [0, 0.05) is 48.6 Å². The molecule has 0 bridgehead atoms. The van der Waals surface area contributed by atoms with Gasteiger partial charge < -0.3 is 20.1 Å². The fourth-order valence-electron chi connectivity index (χ4n) is 6.66. The Morgan fingerprint density at radius 2 is 1.56 bits per heavy atom. The zero-order valence-electron chi connectivity index (χ0n) is 27.6. The van der Waals surface area contributed by atoms with Gasteiger partial charge in [-0.2, -0.15) is 0 Å². The molecule has 50 heavy (non-hydrogen) atoms. The number of phenols is 2. The summed E-state index contributed by atoms with van der Waals surface area (Å²) >= 11 is 6.26. The van der Waals surface area contributed by atoms with E-state index < -0.39 is 24.0 Å². The van der Waals surface area contributed by atoms with Crippen LogP contribution in [-0.4, -0.2) is 69.1 Å². The van der Waals surface area contributed by atoms with E-state index in [9.17, 15) is 24.9 Å². The largest absolute Gasteiger partial charge is 0.508 e. The van der Waals surface area contributed by atoms with Gasteiger partial charge in [0.25, 0.3) is 0 Å². The molecule has 1 saturated heterocycles. The summed E-state index contributed by atoms with van der Waals surface area (Å²) in [6.07, 6.45) is -0.0885. The second kappa shape index (κ2) is 15.4. The Morgan fingerprint density at radius 3 is 2.18 bits per heavy atom. The number of carbonyl (C=O) groups is 2. The molecule has 0 saturated carbocycles. The van der Waals surface area contributed by atoms with E-state index in [0.717, 1.165) is 27.8 Å². The smallest absolute Gasteiger partial charge is 0.244 e. The Bertz CT molecular complexity index is 1880.